The second-order valence-corrected chi connectivity index (χ2v) is 4.50. The van der Waals surface area contributed by atoms with E-state index >= 15 is 0 Å². The van der Waals surface area contributed by atoms with Crippen LogP contribution in [-0.4, -0.2) is 63.3 Å². The molecule has 0 fully saturated rings. The van der Waals surface area contributed by atoms with Crippen LogP contribution in [0.1, 0.15) is 25.7 Å². The Hall–Kier alpha value is 0.434. The summed E-state index contributed by atoms with van der Waals surface area (Å²) in [6.07, 6.45) is 3.41. The maximum Gasteiger partial charge on any atom is 0.408 e. The monoisotopic (exact) mass is 396 g/mol. The Morgan fingerprint density at radius 1 is 0.850 bits per heavy atom. The minimum atomic E-state index is -4.30. The maximum atomic E-state index is 10.0. The van der Waals surface area contributed by atoms with E-state index in [0.717, 1.165) is 37.7 Å². The Morgan fingerprint density at radius 3 is 1.60 bits per heavy atom. The van der Waals surface area contributed by atoms with Crippen LogP contribution in [-0.2, 0) is 30.5 Å². The van der Waals surface area contributed by atoms with Gasteiger partial charge in [-0.05, 0) is 12.8 Å². The number of aliphatic hydroxyl groups excluding tert-OH is 1. The number of unbranched alkanes of at least 4 members (excludes halogenated alkanes) is 3. The zero-order chi connectivity index (χ0) is 10.2. The first-order valence-electron chi connectivity index (χ1n) is 3.95. The Morgan fingerprint density at radius 2 is 1.25 bits per heavy atom. The zero-order valence-electron chi connectivity index (χ0n) is 10.5. The van der Waals surface area contributed by atoms with Crippen molar-refractivity contribution in [3.8, 4) is 0 Å². The van der Waals surface area contributed by atoms with Gasteiger partial charge in [0.25, 0.3) is 0 Å². The van der Waals surface area contributed by atoms with E-state index in [1.165, 1.54) is 0 Å². The van der Waals surface area contributed by atoms with Crippen molar-refractivity contribution in [2.24, 2.45) is 0 Å². The van der Waals surface area contributed by atoms with Crippen molar-refractivity contribution in [3.05, 3.63) is 0 Å². The van der Waals surface area contributed by atoms with Crippen LogP contribution in [0.2, 0.25) is 0 Å². The molecule has 0 rings (SSSR count). The summed E-state index contributed by atoms with van der Waals surface area (Å²) >= 11 is 0.718. The predicted octanol–water partition coefficient (Wildman–Crippen LogP) is -3.94. The van der Waals surface area contributed by atoms with E-state index in [-0.39, 0.29) is 56.0 Å². The fourth-order valence-electron chi connectivity index (χ4n) is 0.721. The number of aliphatic hydroxyl groups is 1. The van der Waals surface area contributed by atoms with Crippen LogP contribution in [0.3, 0.4) is 0 Å². The average molecular weight is 397 g/mol. The average Bonchev–Trinajstić information content (AvgIpc) is 2.01. The molecule has 0 saturated carbocycles. The molecule has 0 heterocycles. The minimum absolute atomic E-state index is 0. The van der Waals surface area contributed by atoms with Gasteiger partial charge < -0.3 is 38.0 Å². The summed E-state index contributed by atoms with van der Waals surface area (Å²) in [5.41, 5.74) is 0. The molecule has 14 N–H and O–H groups in total. The predicted molar refractivity (Wildman–Crippen MR) is 72.3 cm³/mol. The molecule has 0 atom stereocenters. The first-order valence-corrected chi connectivity index (χ1v) is 6.23. The van der Waals surface area contributed by atoms with Crippen molar-refractivity contribution < 1.29 is 71.1 Å². The fraction of sp³-hybridized carbons (Fsp3) is 1.00. The first kappa shape index (κ1) is 49.9. The van der Waals surface area contributed by atoms with E-state index in [1.807, 2.05) is 0 Å². The summed E-state index contributed by atoms with van der Waals surface area (Å²) in [5, 5.41) is 8.43. The van der Waals surface area contributed by atoms with Crippen LogP contribution in [0, 0.1) is 0 Å². The van der Waals surface area contributed by atoms with E-state index in [2.05, 4.69) is 3.63 Å². The van der Waals surface area contributed by atoms with Gasteiger partial charge in [-0.3, -0.25) is 4.55 Å². The summed E-state index contributed by atoms with van der Waals surface area (Å²) in [4.78, 5) is 0. The van der Waals surface area contributed by atoms with Gasteiger partial charge in [0.05, 0.1) is 0 Å². The van der Waals surface area contributed by atoms with Gasteiger partial charge in [-0.15, -0.1) is 0 Å². The molecule has 0 aromatic carbocycles. The zero-order valence-corrected chi connectivity index (χ0v) is 13.1. The van der Waals surface area contributed by atoms with Crippen molar-refractivity contribution in [2.75, 3.05) is 12.4 Å². The summed E-state index contributed by atoms with van der Waals surface area (Å²) in [6, 6.07) is 0. The largest absolute Gasteiger partial charge is 0.412 e. The molecule has 0 spiro atoms. The summed E-state index contributed by atoms with van der Waals surface area (Å²) in [7, 11) is -4.30. The van der Waals surface area contributed by atoms with Crippen molar-refractivity contribution in [2.45, 2.75) is 25.7 Å². The van der Waals surface area contributed by atoms with E-state index in [1.54, 1.807) is 0 Å². The second-order valence-electron chi connectivity index (χ2n) is 2.46. The van der Waals surface area contributed by atoms with Crippen molar-refractivity contribution >= 4 is 22.4 Å². The molecule has 0 aliphatic carbocycles. The van der Waals surface area contributed by atoms with Gasteiger partial charge in [-0.25, -0.2) is 0 Å². The Labute approximate surface area is 132 Å². The number of rotatable bonds is 8. The van der Waals surface area contributed by atoms with Gasteiger partial charge in [0.15, 0.2) is 0 Å². The van der Waals surface area contributed by atoms with Gasteiger partial charge >= 0.3 is 10.4 Å². The van der Waals surface area contributed by atoms with Crippen LogP contribution < -0.4 is 0 Å². The van der Waals surface area contributed by atoms with Gasteiger partial charge in [-0.1, -0.05) is 12.8 Å². The molecule has 20 heavy (non-hydrogen) atoms. The van der Waals surface area contributed by atoms with Crippen molar-refractivity contribution in [3.63, 3.8) is 0 Å². The molecule has 0 amide bonds. The molecular formula is C6H26NiO11S2. The van der Waals surface area contributed by atoms with Crippen molar-refractivity contribution in [1.82, 2.24) is 0 Å². The third-order valence-electron chi connectivity index (χ3n) is 1.27. The third-order valence-corrected chi connectivity index (χ3v) is 2.80. The first-order chi connectivity index (χ1) is 6.06. The smallest absolute Gasteiger partial charge is 0.408 e. The maximum absolute atomic E-state index is 10.0. The molecule has 138 valence electrons. The number of hydrogen-bond donors (Lipinski definition) is 2. The molecule has 0 bridgehead atoms. The van der Waals surface area contributed by atoms with E-state index in [9.17, 15) is 8.42 Å². The molecular weight excluding hydrogens is 371 g/mol. The van der Waals surface area contributed by atoms with Crippen LogP contribution in [0.25, 0.3) is 0 Å². The summed E-state index contributed by atoms with van der Waals surface area (Å²) in [6.45, 7) is 0.189. The van der Waals surface area contributed by atoms with E-state index in [4.69, 9.17) is 9.66 Å². The SMILES string of the molecule is O.O.O.O.O.O.O=S(=O)(O)OSCCCCCCO.[Ni]. The number of hydrogen-bond acceptors (Lipinski definition) is 5. The molecule has 0 saturated heterocycles. The molecule has 14 heteroatoms. The fourth-order valence-corrected chi connectivity index (χ4v) is 1.80. The molecule has 0 aliphatic heterocycles. The van der Waals surface area contributed by atoms with Crippen LogP contribution in [0.15, 0.2) is 0 Å². The van der Waals surface area contributed by atoms with Gasteiger partial charge in [0, 0.05) is 40.9 Å². The standard InChI is InChI=1S/C6H14O5S2.Ni.6H2O/c7-5-3-1-2-4-6-12-11-13(8,9)10;;;;;;;/h7H,1-6H2,(H,8,9,10);;6*1H2. The topological polar surface area (TPSA) is 273 Å². The van der Waals surface area contributed by atoms with Crippen molar-refractivity contribution in [1.29, 1.82) is 0 Å². The molecule has 0 unspecified atom stereocenters. The van der Waals surface area contributed by atoms with Crippen LogP contribution in [0.4, 0.5) is 0 Å². The molecule has 0 radical (unpaired) electrons. The molecule has 0 aromatic heterocycles. The third kappa shape index (κ3) is 51.5. The van der Waals surface area contributed by atoms with E-state index < -0.39 is 10.4 Å². The van der Waals surface area contributed by atoms with Crippen LogP contribution >= 0.6 is 12.0 Å². The Bertz CT molecular complexity index is 213. The van der Waals surface area contributed by atoms with Crippen LogP contribution in [0.5, 0.6) is 0 Å². The molecule has 11 nitrogen and oxygen atoms in total. The summed E-state index contributed by atoms with van der Waals surface area (Å²) in [5.74, 6) is 0.519. The van der Waals surface area contributed by atoms with E-state index in [0.29, 0.717) is 5.75 Å². The quantitative estimate of drug-likeness (QED) is 0.178. The minimum Gasteiger partial charge on any atom is -0.412 e. The summed E-state index contributed by atoms with van der Waals surface area (Å²) < 4.78 is 32.3. The normalized spacial score (nSPS) is 7.70. The van der Waals surface area contributed by atoms with Gasteiger partial charge in [0.1, 0.15) is 0 Å². The molecule has 0 aromatic rings. The second kappa shape index (κ2) is 31.7. The van der Waals surface area contributed by atoms with Gasteiger partial charge in [-0.2, -0.15) is 12.0 Å². The molecule has 0 aliphatic rings. The Kier molecular flexibility index (Phi) is 79.1. The van der Waals surface area contributed by atoms with Gasteiger partial charge in [0.2, 0.25) is 0 Å². The Balaban J connectivity index is -0.0000000343.